The van der Waals surface area contributed by atoms with Gasteiger partial charge in [0, 0.05) is 7.05 Å². The Bertz CT molecular complexity index is 641. The summed E-state index contributed by atoms with van der Waals surface area (Å²) in [6.07, 6.45) is 0. The molecule has 0 saturated heterocycles. The molecule has 2 aromatic rings. The van der Waals surface area contributed by atoms with Crippen molar-refractivity contribution in [3.05, 3.63) is 65.7 Å². The first-order valence-electron chi connectivity index (χ1n) is 6.93. The van der Waals surface area contributed by atoms with Gasteiger partial charge in [0.25, 0.3) is 5.91 Å². The topological polar surface area (TPSA) is 67.4 Å². The van der Waals surface area contributed by atoms with Crippen LogP contribution in [0.3, 0.4) is 0 Å². The summed E-state index contributed by atoms with van der Waals surface area (Å²) in [5.74, 6) is -0.548. The van der Waals surface area contributed by atoms with E-state index in [2.05, 4.69) is 10.6 Å². The Morgan fingerprint density at radius 1 is 1.00 bits per heavy atom. The molecule has 0 aromatic heterocycles. The molecule has 0 heterocycles. The van der Waals surface area contributed by atoms with Crippen LogP contribution < -0.4 is 10.6 Å². The summed E-state index contributed by atoms with van der Waals surface area (Å²) in [4.78, 5) is 23.6. The highest BCUT2D eigenvalue weighted by Gasteiger charge is 2.11. The van der Waals surface area contributed by atoms with E-state index in [4.69, 9.17) is 4.74 Å². The molecule has 2 N–H and O–H groups in total. The van der Waals surface area contributed by atoms with E-state index in [-0.39, 0.29) is 18.4 Å². The largest absolute Gasteiger partial charge is 0.367 e. The summed E-state index contributed by atoms with van der Waals surface area (Å²) in [6.45, 7) is 0.294. The van der Waals surface area contributed by atoms with Crippen LogP contribution in [0.15, 0.2) is 54.6 Å². The van der Waals surface area contributed by atoms with Gasteiger partial charge in [-0.05, 0) is 17.7 Å². The van der Waals surface area contributed by atoms with Gasteiger partial charge in [-0.25, -0.2) is 0 Å². The summed E-state index contributed by atoms with van der Waals surface area (Å²) in [5.41, 5.74) is 1.89. The van der Waals surface area contributed by atoms with Crippen LogP contribution in [0, 0.1) is 0 Å². The van der Waals surface area contributed by atoms with E-state index in [1.807, 2.05) is 30.3 Å². The molecule has 2 aromatic carbocycles. The molecule has 0 radical (unpaired) electrons. The Kier molecular flexibility index (Phi) is 5.68. The van der Waals surface area contributed by atoms with Gasteiger partial charge in [-0.15, -0.1) is 0 Å². The van der Waals surface area contributed by atoms with Crippen LogP contribution >= 0.6 is 0 Å². The second kappa shape index (κ2) is 7.95. The number of carbonyl (C=O) groups is 2. The monoisotopic (exact) mass is 298 g/mol. The molecule has 0 atom stereocenters. The Labute approximate surface area is 129 Å². The van der Waals surface area contributed by atoms with Gasteiger partial charge in [-0.2, -0.15) is 0 Å². The van der Waals surface area contributed by atoms with Crippen LogP contribution in [0.5, 0.6) is 0 Å². The number of ether oxygens (including phenoxy) is 1. The van der Waals surface area contributed by atoms with Crippen molar-refractivity contribution in [3.63, 3.8) is 0 Å². The molecule has 0 aliphatic heterocycles. The fourth-order valence-electron chi connectivity index (χ4n) is 1.95. The normalized spacial score (nSPS) is 10.0. The fourth-order valence-corrected chi connectivity index (χ4v) is 1.95. The number of nitrogens with one attached hydrogen (secondary N) is 2. The Hall–Kier alpha value is -2.66. The predicted molar refractivity (Wildman–Crippen MR) is 84.6 cm³/mol. The second-order valence-electron chi connectivity index (χ2n) is 4.65. The average Bonchev–Trinajstić information content (AvgIpc) is 2.55. The van der Waals surface area contributed by atoms with Crippen molar-refractivity contribution in [3.8, 4) is 0 Å². The minimum Gasteiger partial charge on any atom is -0.367 e. The molecule has 0 bridgehead atoms. The lowest BCUT2D eigenvalue weighted by molar-refractivity contribution is -0.121. The van der Waals surface area contributed by atoms with Crippen molar-refractivity contribution in [2.24, 2.45) is 0 Å². The lowest BCUT2D eigenvalue weighted by atomic mass is 10.1. The van der Waals surface area contributed by atoms with Gasteiger partial charge in [0.1, 0.15) is 6.61 Å². The number of benzene rings is 2. The molecule has 5 heteroatoms. The molecule has 2 amide bonds. The maximum absolute atomic E-state index is 11.9. The van der Waals surface area contributed by atoms with Crippen molar-refractivity contribution >= 4 is 17.5 Å². The quantitative estimate of drug-likeness (QED) is 0.859. The Balaban J connectivity index is 1.88. The third-order valence-corrected chi connectivity index (χ3v) is 3.02. The van der Waals surface area contributed by atoms with Gasteiger partial charge in [0.05, 0.1) is 17.9 Å². The summed E-state index contributed by atoms with van der Waals surface area (Å²) < 4.78 is 5.37. The highest BCUT2D eigenvalue weighted by molar-refractivity contribution is 6.03. The number of carbonyl (C=O) groups excluding carboxylic acids is 2. The molecule has 22 heavy (non-hydrogen) atoms. The SMILES string of the molecule is CNC(=O)c1ccccc1NC(=O)COCc1ccccc1. The van der Waals surface area contributed by atoms with Gasteiger partial charge in [-0.1, -0.05) is 42.5 Å². The summed E-state index contributed by atoms with van der Waals surface area (Å²) >= 11 is 0. The van der Waals surface area contributed by atoms with E-state index in [1.165, 1.54) is 0 Å². The van der Waals surface area contributed by atoms with Crippen LogP contribution in [0.25, 0.3) is 0 Å². The van der Waals surface area contributed by atoms with Gasteiger partial charge in [0.15, 0.2) is 0 Å². The number of rotatable bonds is 6. The van der Waals surface area contributed by atoms with E-state index in [0.717, 1.165) is 5.56 Å². The summed E-state index contributed by atoms with van der Waals surface area (Å²) in [7, 11) is 1.55. The van der Waals surface area contributed by atoms with Crippen molar-refractivity contribution in [1.29, 1.82) is 0 Å². The Morgan fingerprint density at radius 3 is 2.41 bits per heavy atom. The minimum absolute atomic E-state index is 0.0724. The van der Waals surface area contributed by atoms with E-state index in [1.54, 1.807) is 31.3 Å². The lowest BCUT2D eigenvalue weighted by Crippen LogP contribution is -2.23. The maximum Gasteiger partial charge on any atom is 0.253 e. The van der Waals surface area contributed by atoms with E-state index in [0.29, 0.717) is 17.9 Å². The van der Waals surface area contributed by atoms with E-state index in [9.17, 15) is 9.59 Å². The van der Waals surface area contributed by atoms with Crippen molar-refractivity contribution < 1.29 is 14.3 Å². The number of amides is 2. The second-order valence-corrected chi connectivity index (χ2v) is 4.65. The third-order valence-electron chi connectivity index (χ3n) is 3.02. The van der Waals surface area contributed by atoms with E-state index >= 15 is 0 Å². The standard InChI is InChI=1S/C17H18N2O3/c1-18-17(21)14-9-5-6-10-15(14)19-16(20)12-22-11-13-7-3-2-4-8-13/h2-10H,11-12H2,1H3,(H,18,21)(H,19,20). The molecular formula is C17H18N2O3. The molecular weight excluding hydrogens is 280 g/mol. The highest BCUT2D eigenvalue weighted by Crippen LogP contribution is 2.14. The van der Waals surface area contributed by atoms with Crippen LogP contribution in [-0.4, -0.2) is 25.5 Å². The van der Waals surface area contributed by atoms with Crippen LogP contribution in [0.4, 0.5) is 5.69 Å². The predicted octanol–water partition coefficient (Wildman–Crippen LogP) is 2.20. The molecule has 0 saturated carbocycles. The first-order valence-corrected chi connectivity index (χ1v) is 6.93. The van der Waals surface area contributed by atoms with Crippen LogP contribution in [-0.2, 0) is 16.1 Å². The van der Waals surface area contributed by atoms with Gasteiger partial charge in [-0.3, -0.25) is 9.59 Å². The summed E-state index contributed by atoms with van der Waals surface area (Å²) in [5, 5.41) is 5.23. The smallest absolute Gasteiger partial charge is 0.253 e. The maximum atomic E-state index is 11.9. The Morgan fingerprint density at radius 2 is 1.68 bits per heavy atom. The van der Waals surface area contributed by atoms with Crippen LogP contribution in [0.1, 0.15) is 15.9 Å². The highest BCUT2D eigenvalue weighted by atomic mass is 16.5. The number of hydrogen-bond acceptors (Lipinski definition) is 3. The molecule has 0 spiro atoms. The molecule has 5 nitrogen and oxygen atoms in total. The average molecular weight is 298 g/mol. The number of hydrogen-bond donors (Lipinski definition) is 2. The van der Waals surface area contributed by atoms with Gasteiger partial charge in [0.2, 0.25) is 5.91 Å². The van der Waals surface area contributed by atoms with Crippen molar-refractivity contribution in [2.45, 2.75) is 6.61 Å². The first kappa shape index (κ1) is 15.7. The zero-order valence-corrected chi connectivity index (χ0v) is 12.3. The molecule has 0 aliphatic rings. The minimum atomic E-state index is -0.299. The first-order chi connectivity index (χ1) is 10.7. The molecule has 2 rings (SSSR count). The van der Waals surface area contributed by atoms with Gasteiger partial charge >= 0.3 is 0 Å². The molecule has 114 valence electrons. The molecule has 0 aliphatic carbocycles. The molecule has 0 fully saturated rings. The third kappa shape index (κ3) is 4.43. The molecule has 0 unspecified atom stereocenters. The lowest BCUT2D eigenvalue weighted by Gasteiger charge is -2.10. The van der Waals surface area contributed by atoms with E-state index < -0.39 is 0 Å². The van der Waals surface area contributed by atoms with Crippen molar-refractivity contribution in [1.82, 2.24) is 5.32 Å². The van der Waals surface area contributed by atoms with Crippen LogP contribution in [0.2, 0.25) is 0 Å². The summed E-state index contributed by atoms with van der Waals surface area (Å²) in [6, 6.07) is 16.4. The number of anilines is 1. The number of para-hydroxylation sites is 1. The fraction of sp³-hybridized carbons (Fsp3) is 0.176. The van der Waals surface area contributed by atoms with Gasteiger partial charge < -0.3 is 15.4 Å². The zero-order chi connectivity index (χ0) is 15.8. The zero-order valence-electron chi connectivity index (χ0n) is 12.3. The van der Waals surface area contributed by atoms with Crippen molar-refractivity contribution in [2.75, 3.05) is 19.0 Å².